The Balaban J connectivity index is 1.77. The van der Waals surface area contributed by atoms with Crippen molar-refractivity contribution in [3.05, 3.63) is 47.5 Å². The molecule has 0 unspecified atom stereocenters. The Hall–Kier alpha value is -3.79. The maximum Gasteiger partial charge on any atom is 0.320 e. The van der Waals surface area contributed by atoms with E-state index in [0.29, 0.717) is 12.8 Å². The number of fused-ring (bicyclic) bond motifs is 2. The van der Waals surface area contributed by atoms with Crippen LogP contribution in [0.4, 0.5) is 0 Å². The van der Waals surface area contributed by atoms with Crippen molar-refractivity contribution in [3.63, 3.8) is 0 Å². The molecular weight excluding hydrogens is 500 g/mol. The van der Waals surface area contributed by atoms with Gasteiger partial charge in [-0.15, -0.1) is 0 Å². The molecule has 4 N–H and O–H groups in total. The number of hydrogen-bond donors (Lipinski definition) is 3. The highest BCUT2D eigenvalue weighted by atomic mass is 16.4. The lowest BCUT2D eigenvalue weighted by molar-refractivity contribution is -0.143. The quantitative estimate of drug-likeness (QED) is 0.332. The largest absolute Gasteiger partial charge is 0.480 e. The Morgan fingerprint density at radius 1 is 0.923 bits per heavy atom. The molecule has 0 radical (unpaired) electrons. The van der Waals surface area contributed by atoms with Gasteiger partial charge in [-0.2, -0.15) is 0 Å². The standard InChI is InChI=1S/C29H38N4O6/c1-16(2)12-23(28(37)32(5)24(25(30)34)13-17(3)4)31-22(29(38)39)10-11-33-26(35)20-14-18-8-6-7-9-19(18)15-21(20)27(33)36/h6-9,14-17,22-24,31H,10-13H2,1-5H3,(H2,30,34)(H,38,39)/t22-,23+,24+/m1/s1. The summed E-state index contributed by atoms with van der Waals surface area (Å²) in [6, 6.07) is 7.81. The molecule has 1 aliphatic rings. The maximum atomic E-state index is 13.4. The number of benzene rings is 2. The minimum Gasteiger partial charge on any atom is -0.480 e. The molecule has 0 spiro atoms. The van der Waals surface area contributed by atoms with E-state index in [1.165, 1.54) is 11.9 Å². The number of likely N-dealkylation sites (N-methyl/N-ethyl adjacent to an activating group) is 1. The lowest BCUT2D eigenvalue weighted by atomic mass is 9.98. The smallest absolute Gasteiger partial charge is 0.320 e. The molecule has 10 heteroatoms. The average molecular weight is 539 g/mol. The first-order chi connectivity index (χ1) is 18.3. The Morgan fingerprint density at radius 2 is 1.44 bits per heavy atom. The van der Waals surface area contributed by atoms with E-state index in [2.05, 4.69) is 5.32 Å². The van der Waals surface area contributed by atoms with Gasteiger partial charge in [-0.05, 0) is 54.0 Å². The lowest BCUT2D eigenvalue weighted by Crippen LogP contribution is -2.56. The van der Waals surface area contributed by atoms with Crippen LogP contribution in [-0.4, -0.2) is 76.2 Å². The molecule has 0 saturated heterocycles. The molecule has 3 atom stereocenters. The second-order valence-electron chi connectivity index (χ2n) is 11.0. The summed E-state index contributed by atoms with van der Waals surface area (Å²) < 4.78 is 0. The molecule has 10 nitrogen and oxygen atoms in total. The summed E-state index contributed by atoms with van der Waals surface area (Å²) in [6.45, 7) is 7.50. The molecule has 0 aromatic heterocycles. The van der Waals surface area contributed by atoms with Crippen LogP contribution in [0.15, 0.2) is 36.4 Å². The van der Waals surface area contributed by atoms with E-state index >= 15 is 0 Å². The van der Waals surface area contributed by atoms with Crippen LogP contribution >= 0.6 is 0 Å². The number of nitrogens with one attached hydrogen (secondary N) is 1. The van der Waals surface area contributed by atoms with Gasteiger partial charge in [-0.1, -0.05) is 52.0 Å². The molecule has 0 bridgehead atoms. The summed E-state index contributed by atoms with van der Waals surface area (Å²) in [6.07, 6.45) is 0.597. The molecule has 210 valence electrons. The molecule has 0 fully saturated rings. The molecule has 3 rings (SSSR count). The van der Waals surface area contributed by atoms with Crippen molar-refractivity contribution >= 4 is 40.4 Å². The van der Waals surface area contributed by atoms with Crippen molar-refractivity contribution in [1.29, 1.82) is 0 Å². The number of carbonyl (C=O) groups excluding carboxylic acids is 4. The minimum absolute atomic E-state index is 0.0387. The molecule has 4 amide bonds. The monoisotopic (exact) mass is 538 g/mol. The average Bonchev–Trinajstić information content (AvgIpc) is 3.09. The predicted molar refractivity (Wildman–Crippen MR) is 147 cm³/mol. The molecule has 2 aromatic carbocycles. The van der Waals surface area contributed by atoms with Crippen molar-refractivity contribution in [3.8, 4) is 0 Å². The maximum absolute atomic E-state index is 13.4. The van der Waals surface area contributed by atoms with Crippen LogP contribution in [0.2, 0.25) is 0 Å². The highest BCUT2D eigenvalue weighted by Crippen LogP contribution is 2.28. The second kappa shape index (κ2) is 12.4. The number of nitrogens with zero attached hydrogens (tertiary/aromatic N) is 2. The Morgan fingerprint density at radius 3 is 1.87 bits per heavy atom. The van der Waals surface area contributed by atoms with Gasteiger partial charge in [0.15, 0.2) is 0 Å². The second-order valence-corrected chi connectivity index (χ2v) is 11.0. The lowest BCUT2D eigenvalue weighted by Gasteiger charge is -2.32. The minimum atomic E-state index is -1.22. The number of imide groups is 1. The van der Waals surface area contributed by atoms with Gasteiger partial charge in [0.25, 0.3) is 11.8 Å². The van der Waals surface area contributed by atoms with Gasteiger partial charge in [-0.25, -0.2) is 0 Å². The molecule has 0 aliphatic carbocycles. The number of nitrogens with two attached hydrogens (primary N) is 1. The van der Waals surface area contributed by atoms with E-state index in [1.54, 1.807) is 12.1 Å². The summed E-state index contributed by atoms with van der Waals surface area (Å²) in [5.41, 5.74) is 6.15. The number of hydrogen-bond acceptors (Lipinski definition) is 6. The molecule has 0 saturated carbocycles. The molecule has 1 aliphatic heterocycles. The van der Waals surface area contributed by atoms with Crippen molar-refractivity contribution in [2.75, 3.05) is 13.6 Å². The Kier molecular flexibility index (Phi) is 9.45. The topological polar surface area (TPSA) is 150 Å². The summed E-state index contributed by atoms with van der Waals surface area (Å²) in [5, 5.41) is 14.5. The normalized spacial score (nSPS) is 15.5. The number of aliphatic carboxylic acids is 1. The number of carbonyl (C=O) groups is 5. The van der Waals surface area contributed by atoms with E-state index in [4.69, 9.17) is 5.73 Å². The third kappa shape index (κ3) is 6.81. The van der Waals surface area contributed by atoms with E-state index in [0.717, 1.165) is 15.7 Å². The van der Waals surface area contributed by atoms with Crippen LogP contribution in [-0.2, 0) is 14.4 Å². The van der Waals surface area contributed by atoms with Crippen molar-refractivity contribution < 1.29 is 29.1 Å². The Labute approximate surface area is 228 Å². The van der Waals surface area contributed by atoms with E-state index in [1.807, 2.05) is 52.0 Å². The van der Waals surface area contributed by atoms with E-state index < -0.39 is 47.7 Å². The first-order valence-electron chi connectivity index (χ1n) is 13.3. The van der Waals surface area contributed by atoms with Gasteiger partial charge >= 0.3 is 5.97 Å². The van der Waals surface area contributed by atoms with Gasteiger partial charge in [0.05, 0.1) is 17.2 Å². The molecule has 1 heterocycles. The molecule has 39 heavy (non-hydrogen) atoms. The zero-order chi connectivity index (χ0) is 29.0. The van der Waals surface area contributed by atoms with Gasteiger partial charge in [0, 0.05) is 13.6 Å². The number of amides is 4. The van der Waals surface area contributed by atoms with Crippen LogP contribution < -0.4 is 11.1 Å². The zero-order valence-electron chi connectivity index (χ0n) is 23.1. The summed E-state index contributed by atoms with van der Waals surface area (Å²) in [7, 11) is 1.49. The van der Waals surface area contributed by atoms with Crippen molar-refractivity contribution in [2.24, 2.45) is 17.6 Å². The highest BCUT2D eigenvalue weighted by molar-refractivity contribution is 6.23. The SMILES string of the molecule is CC(C)C[C@H](N[C@H](CCN1C(=O)c2cc3ccccc3cc2C1=O)C(=O)O)C(=O)N(C)[C@@H](CC(C)C)C(N)=O. The van der Waals surface area contributed by atoms with Crippen LogP contribution in [0, 0.1) is 11.8 Å². The number of carboxylic acid groups (broad SMARTS) is 1. The summed E-state index contributed by atoms with van der Waals surface area (Å²) >= 11 is 0. The highest BCUT2D eigenvalue weighted by Gasteiger charge is 2.38. The first kappa shape index (κ1) is 29.8. The predicted octanol–water partition coefficient (Wildman–Crippen LogP) is 2.64. The van der Waals surface area contributed by atoms with Crippen molar-refractivity contribution in [2.45, 2.75) is 65.1 Å². The fourth-order valence-electron chi connectivity index (χ4n) is 4.98. The fourth-order valence-corrected chi connectivity index (χ4v) is 4.98. The van der Waals surface area contributed by atoms with Gasteiger partial charge in [-0.3, -0.25) is 34.2 Å². The number of rotatable bonds is 13. The molecular formula is C29H38N4O6. The third-order valence-electron chi connectivity index (χ3n) is 7.02. The number of carboxylic acids is 1. The van der Waals surface area contributed by atoms with Crippen molar-refractivity contribution in [1.82, 2.24) is 15.1 Å². The third-order valence-corrected chi connectivity index (χ3v) is 7.02. The van der Waals surface area contributed by atoms with E-state index in [9.17, 15) is 29.1 Å². The van der Waals surface area contributed by atoms with Crippen LogP contribution in [0.5, 0.6) is 0 Å². The van der Waals surface area contributed by atoms with Gasteiger partial charge < -0.3 is 15.7 Å². The number of primary amides is 1. The van der Waals surface area contributed by atoms with Crippen LogP contribution in [0.3, 0.4) is 0 Å². The fraction of sp³-hybridized carbons (Fsp3) is 0.483. The van der Waals surface area contributed by atoms with Crippen LogP contribution in [0.25, 0.3) is 10.8 Å². The first-order valence-corrected chi connectivity index (χ1v) is 13.3. The van der Waals surface area contributed by atoms with Gasteiger partial charge in [0.1, 0.15) is 12.1 Å². The van der Waals surface area contributed by atoms with Crippen LogP contribution in [0.1, 0.15) is 67.7 Å². The van der Waals surface area contributed by atoms with E-state index in [-0.39, 0.29) is 35.9 Å². The van der Waals surface area contributed by atoms with Gasteiger partial charge in [0.2, 0.25) is 11.8 Å². The zero-order valence-corrected chi connectivity index (χ0v) is 23.1. The Bertz CT molecular complexity index is 1220. The molecule has 2 aromatic rings. The summed E-state index contributed by atoms with van der Waals surface area (Å²) in [5.74, 6) is -3.08. The summed E-state index contributed by atoms with van der Waals surface area (Å²) in [4.78, 5) is 66.2.